The van der Waals surface area contributed by atoms with Crippen LogP contribution in [0.4, 0.5) is 4.79 Å². The minimum atomic E-state index is -0.305. The number of benzene rings is 1. The molecule has 92 valence electrons. The Morgan fingerprint density at radius 2 is 2.29 bits per heavy atom. The quantitative estimate of drug-likeness (QED) is 0.849. The zero-order valence-corrected chi connectivity index (χ0v) is 10.3. The Morgan fingerprint density at radius 3 is 3.00 bits per heavy atom. The van der Waals surface area contributed by atoms with Gasteiger partial charge in [-0.1, -0.05) is 24.3 Å². The van der Waals surface area contributed by atoms with Crippen molar-refractivity contribution in [2.45, 2.75) is 25.4 Å². The Bertz CT molecular complexity index is 433. The van der Waals surface area contributed by atoms with Crippen LogP contribution in [0.25, 0.3) is 0 Å². The van der Waals surface area contributed by atoms with Crippen molar-refractivity contribution in [3.63, 3.8) is 0 Å². The van der Waals surface area contributed by atoms with Gasteiger partial charge in [-0.2, -0.15) is 0 Å². The van der Waals surface area contributed by atoms with Crippen LogP contribution in [-0.4, -0.2) is 24.6 Å². The largest absolute Gasteiger partial charge is 0.449 e. The summed E-state index contributed by atoms with van der Waals surface area (Å²) >= 11 is 0. The van der Waals surface area contributed by atoms with E-state index < -0.39 is 0 Å². The molecule has 0 spiro atoms. The van der Waals surface area contributed by atoms with Gasteiger partial charge >= 0.3 is 6.09 Å². The summed E-state index contributed by atoms with van der Waals surface area (Å²) in [6.07, 6.45) is 0.528. The molecule has 1 aromatic rings. The first-order chi connectivity index (χ1) is 8.08. The molecule has 4 nitrogen and oxygen atoms in total. The zero-order valence-electron chi connectivity index (χ0n) is 10.3. The molecule has 1 aliphatic rings. The fourth-order valence-corrected chi connectivity index (χ4v) is 2.17. The monoisotopic (exact) mass is 234 g/mol. The van der Waals surface area contributed by atoms with Gasteiger partial charge in [-0.25, -0.2) is 4.79 Å². The molecule has 17 heavy (non-hydrogen) atoms. The highest BCUT2D eigenvalue weighted by molar-refractivity contribution is 5.69. The number of cyclic esters (lactones) is 1. The fraction of sp³-hybridized carbons (Fsp3) is 0.462. The van der Waals surface area contributed by atoms with Crippen molar-refractivity contribution < 1.29 is 9.53 Å². The second kappa shape index (κ2) is 4.37. The number of ether oxygens (including phenoxy) is 1. The van der Waals surface area contributed by atoms with Crippen molar-refractivity contribution in [2.24, 2.45) is 5.73 Å². The molecular formula is C13H18N2O2. The summed E-state index contributed by atoms with van der Waals surface area (Å²) in [4.78, 5) is 13.3. The Hall–Kier alpha value is -1.55. The molecule has 0 bridgehead atoms. The van der Waals surface area contributed by atoms with E-state index in [4.69, 9.17) is 10.5 Å². The summed E-state index contributed by atoms with van der Waals surface area (Å²) in [6, 6.07) is 8.08. The number of hydrogen-bond donors (Lipinski definition) is 1. The minimum absolute atomic E-state index is 0.267. The van der Waals surface area contributed by atoms with Crippen molar-refractivity contribution in [1.29, 1.82) is 0 Å². The van der Waals surface area contributed by atoms with Gasteiger partial charge in [0, 0.05) is 20.0 Å². The summed E-state index contributed by atoms with van der Waals surface area (Å²) < 4.78 is 5.03. The van der Waals surface area contributed by atoms with Gasteiger partial charge in [0.15, 0.2) is 0 Å². The highest BCUT2D eigenvalue weighted by Gasteiger charge is 2.38. The van der Waals surface area contributed by atoms with Crippen LogP contribution in [0.5, 0.6) is 0 Å². The van der Waals surface area contributed by atoms with E-state index in [0.717, 1.165) is 17.5 Å². The molecule has 0 saturated carbocycles. The van der Waals surface area contributed by atoms with Gasteiger partial charge < -0.3 is 15.4 Å². The molecule has 1 fully saturated rings. The van der Waals surface area contributed by atoms with Crippen LogP contribution in [-0.2, 0) is 16.8 Å². The lowest BCUT2D eigenvalue weighted by atomic mass is 9.86. The summed E-state index contributed by atoms with van der Waals surface area (Å²) in [6.45, 7) is 3.04. The van der Waals surface area contributed by atoms with Crippen LogP contribution in [0.3, 0.4) is 0 Å². The topological polar surface area (TPSA) is 55.6 Å². The lowest BCUT2D eigenvalue weighted by Gasteiger charge is -2.42. The fourth-order valence-electron chi connectivity index (χ4n) is 2.17. The molecule has 0 aliphatic carbocycles. The Balaban J connectivity index is 2.38. The van der Waals surface area contributed by atoms with Crippen molar-refractivity contribution in [3.8, 4) is 0 Å². The van der Waals surface area contributed by atoms with E-state index in [1.807, 2.05) is 18.2 Å². The Kier molecular flexibility index (Phi) is 3.07. The van der Waals surface area contributed by atoms with Crippen LogP contribution in [0.1, 0.15) is 24.5 Å². The number of nitrogens with zero attached hydrogens (tertiary/aromatic N) is 1. The minimum Gasteiger partial charge on any atom is -0.449 e. The van der Waals surface area contributed by atoms with Crippen LogP contribution >= 0.6 is 0 Å². The van der Waals surface area contributed by atoms with Crippen molar-refractivity contribution in [3.05, 3.63) is 35.4 Å². The van der Waals surface area contributed by atoms with Gasteiger partial charge in [-0.3, -0.25) is 0 Å². The molecule has 1 atom stereocenters. The van der Waals surface area contributed by atoms with Crippen molar-refractivity contribution in [2.75, 3.05) is 13.7 Å². The number of rotatable bonds is 2. The van der Waals surface area contributed by atoms with Crippen molar-refractivity contribution >= 4 is 6.09 Å². The molecule has 0 aromatic heterocycles. The zero-order chi connectivity index (χ0) is 12.5. The maximum absolute atomic E-state index is 11.6. The second-order valence-corrected chi connectivity index (χ2v) is 4.60. The molecule has 1 aliphatic heterocycles. The van der Waals surface area contributed by atoms with Gasteiger partial charge in [0.05, 0.1) is 12.1 Å². The molecular weight excluding hydrogens is 216 g/mol. The lowest BCUT2D eigenvalue weighted by molar-refractivity contribution is 0.0146. The molecule has 1 amide bonds. The first kappa shape index (κ1) is 11.9. The lowest BCUT2D eigenvalue weighted by Crippen LogP contribution is -2.49. The standard InChI is InChI=1S/C13H18N2O2/c1-13(6-7-17-12(16)15(13)2)11-5-3-4-10(8-11)9-14/h3-5,8H,6-7,9,14H2,1-2H3. The highest BCUT2D eigenvalue weighted by Crippen LogP contribution is 2.34. The van der Waals surface area contributed by atoms with Gasteiger partial charge in [0.1, 0.15) is 0 Å². The summed E-state index contributed by atoms with van der Waals surface area (Å²) in [7, 11) is 1.77. The van der Waals surface area contributed by atoms with E-state index in [1.54, 1.807) is 11.9 Å². The first-order valence-electron chi connectivity index (χ1n) is 5.78. The molecule has 1 heterocycles. The molecule has 1 saturated heterocycles. The molecule has 1 unspecified atom stereocenters. The summed E-state index contributed by atoms with van der Waals surface area (Å²) in [5.74, 6) is 0. The predicted molar refractivity (Wildman–Crippen MR) is 65.4 cm³/mol. The Labute approximate surface area is 101 Å². The average Bonchev–Trinajstić information content (AvgIpc) is 2.36. The molecule has 1 aromatic carbocycles. The number of nitrogens with two attached hydrogens (primary N) is 1. The normalized spacial score (nSPS) is 24.6. The average molecular weight is 234 g/mol. The second-order valence-electron chi connectivity index (χ2n) is 4.60. The number of carbonyl (C=O) groups excluding carboxylic acids is 1. The van der Waals surface area contributed by atoms with E-state index in [9.17, 15) is 4.79 Å². The number of amides is 1. The van der Waals surface area contributed by atoms with Gasteiger partial charge in [-0.05, 0) is 18.1 Å². The van der Waals surface area contributed by atoms with E-state index in [2.05, 4.69) is 13.0 Å². The summed E-state index contributed by atoms with van der Waals surface area (Å²) in [5, 5.41) is 0. The molecule has 4 heteroatoms. The van der Waals surface area contributed by atoms with Crippen LogP contribution in [0.2, 0.25) is 0 Å². The van der Waals surface area contributed by atoms with E-state index >= 15 is 0 Å². The molecule has 0 radical (unpaired) electrons. The van der Waals surface area contributed by atoms with E-state index in [1.165, 1.54) is 0 Å². The SMILES string of the molecule is CN1C(=O)OCCC1(C)c1cccc(CN)c1. The predicted octanol–water partition coefficient (Wildman–Crippen LogP) is 1.83. The first-order valence-corrected chi connectivity index (χ1v) is 5.78. The maximum atomic E-state index is 11.6. The smallest absolute Gasteiger partial charge is 0.410 e. The number of carbonyl (C=O) groups is 1. The highest BCUT2D eigenvalue weighted by atomic mass is 16.6. The maximum Gasteiger partial charge on any atom is 0.410 e. The van der Waals surface area contributed by atoms with Crippen molar-refractivity contribution in [1.82, 2.24) is 4.90 Å². The van der Waals surface area contributed by atoms with Crippen LogP contribution in [0, 0.1) is 0 Å². The van der Waals surface area contributed by atoms with Gasteiger partial charge in [0.25, 0.3) is 0 Å². The van der Waals surface area contributed by atoms with Crippen LogP contribution in [0.15, 0.2) is 24.3 Å². The van der Waals surface area contributed by atoms with Crippen LogP contribution < -0.4 is 5.73 Å². The van der Waals surface area contributed by atoms with E-state index in [-0.39, 0.29) is 11.6 Å². The van der Waals surface area contributed by atoms with Gasteiger partial charge in [0.2, 0.25) is 0 Å². The molecule has 2 rings (SSSR count). The third-order valence-electron chi connectivity index (χ3n) is 3.61. The Morgan fingerprint density at radius 1 is 1.53 bits per heavy atom. The van der Waals surface area contributed by atoms with E-state index in [0.29, 0.717) is 13.2 Å². The number of hydrogen-bond acceptors (Lipinski definition) is 3. The third kappa shape index (κ3) is 2.00. The van der Waals surface area contributed by atoms with Gasteiger partial charge in [-0.15, -0.1) is 0 Å². The summed E-state index contributed by atoms with van der Waals surface area (Å²) in [5.41, 5.74) is 7.53. The molecule has 2 N–H and O–H groups in total. The third-order valence-corrected chi connectivity index (χ3v) is 3.61.